The van der Waals surface area contributed by atoms with Gasteiger partial charge in [0, 0.05) is 39.1 Å². The van der Waals surface area contributed by atoms with E-state index in [1.807, 2.05) is 78.9 Å². The fourth-order valence-corrected chi connectivity index (χ4v) is 7.20. The van der Waals surface area contributed by atoms with Crippen LogP contribution in [0, 0.1) is 5.92 Å². The van der Waals surface area contributed by atoms with Gasteiger partial charge in [0.15, 0.2) is 6.10 Å². The zero-order valence-corrected chi connectivity index (χ0v) is 29.7. The van der Waals surface area contributed by atoms with E-state index in [1.165, 1.54) is 7.11 Å². The van der Waals surface area contributed by atoms with Crippen LogP contribution in [0.3, 0.4) is 0 Å². The lowest BCUT2D eigenvalue weighted by atomic mass is 9.88. The van der Waals surface area contributed by atoms with Crippen molar-refractivity contribution in [3.63, 3.8) is 0 Å². The third-order valence-corrected chi connectivity index (χ3v) is 10.2. The fraction of sp³-hybridized carbons (Fsp3) is 0.500. The summed E-state index contributed by atoms with van der Waals surface area (Å²) in [4.78, 5) is 29.6. The molecule has 2 aliphatic heterocycles. The van der Waals surface area contributed by atoms with Crippen molar-refractivity contribution in [2.75, 3.05) is 59.8 Å². The van der Waals surface area contributed by atoms with Crippen LogP contribution >= 0.6 is 0 Å². The summed E-state index contributed by atoms with van der Waals surface area (Å²) in [6.45, 7) is 5.18. The molecular formula is C40H51N3O9. The summed E-state index contributed by atoms with van der Waals surface area (Å²) >= 11 is 0. The highest BCUT2D eigenvalue weighted by molar-refractivity contribution is 5.80. The van der Waals surface area contributed by atoms with E-state index in [4.69, 9.17) is 23.7 Å². The predicted molar refractivity (Wildman–Crippen MR) is 193 cm³/mol. The standard InChI is InChI=1S/C40H51N3O9/c1-48-36-25-50-26-37(36)52-40(47)41-33(22-27-7-3-2-4-8-27)34(44)24-30(39(46)42-38-32-10-6-5-9-29(32)23-35(38)45)21-28-11-13-31(14-12-28)51-20-17-43-15-18-49-19-16-43/h2-14,30,33-38,44-45H,15-26H2,1H3,(H,41,47)(H,42,46)/t30-,33+,34+,35-,36-,37-,38+/m1/s1. The summed E-state index contributed by atoms with van der Waals surface area (Å²) < 4.78 is 27.9. The third kappa shape index (κ3) is 10.3. The number of alkyl carbamates (subject to hydrolysis) is 1. The Hall–Kier alpha value is -4.04. The molecule has 0 bridgehead atoms. The Bertz CT molecular complexity index is 1570. The molecule has 2 heterocycles. The summed E-state index contributed by atoms with van der Waals surface area (Å²) in [6.07, 6.45) is -2.43. The van der Waals surface area contributed by atoms with Gasteiger partial charge in [0.1, 0.15) is 18.5 Å². The van der Waals surface area contributed by atoms with E-state index >= 15 is 0 Å². The van der Waals surface area contributed by atoms with Crippen molar-refractivity contribution in [3.05, 3.63) is 101 Å². The number of hydrogen-bond acceptors (Lipinski definition) is 10. The monoisotopic (exact) mass is 717 g/mol. The first-order valence-corrected chi connectivity index (χ1v) is 18.2. The van der Waals surface area contributed by atoms with Crippen molar-refractivity contribution in [3.8, 4) is 5.75 Å². The SMILES string of the molecule is CO[C@@H]1COC[C@H]1OC(=O)N[C@@H](Cc1ccccc1)[C@@H](O)C[C@@H](Cc1ccc(OCCN2CCOCC2)cc1)C(=O)N[C@H]1c2ccccc2C[C@H]1O. The second-order valence-corrected chi connectivity index (χ2v) is 13.8. The van der Waals surface area contributed by atoms with Crippen molar-refractivity contribution in [2.45, 2.75) is 62.2 Å². The molecule has 3 aromatic rings. The molecule has 12 heteroatoms. The summed E-state index contributed by atoms with van der Waals surface area (Å²) in [7, 11) is 1.54. The number of carbonyl (C=O) groups is 2. The minimum atomic E-state index is -1.12. The number of fused-ring (bicyclic) bond motifs is 1. The van der Waals surface area contributed by atoms with Crippen LogP contribution in [0.5, 0.6) is 5.75 Å². The molecule has 0 aromatic heterocycles. The van der Waals surface area contributed by atoms with Crippen LogP contribution in [0.25, 0.3) is 0 Å². The van der Waals surface area contributed by atoms with E-state index in [1.54, 1.807) is 0 Å². The lowest BCUT2D eigenvalue weighted by Gasteiger charge is -2.29. The van der Waals surface area contributed by atoms with Crippen molar-refractivity contribution >= 4 is 12.0 Å². The molecule has 0 unspecified atom stereocenters. The van der Waals surface area contributed by atoms with E-state index in [-0.39, 0.29) is 25.0 Å². The molecule has 0 spiro atoms. The van der Waals surface area contributed by atoms with Crippen molar-refractivity contribution in [2.24, 2.45) is 5.92 Å². The average Bonchev–Trinajstić information content (AvgIpc) is 3.75. The largest absolute Gasteiger partial charge is 0.492 e. The number of ether oxygens (including phenoxy) is 5. The molecule has 0 saturated carbocycles. The van der Waals surface area contributed by atoms with Gasteiger partial charge in [0.25, 0.3) is 0 Å². The van der Waals surface area contributed by atoms with Crippen LogP contribution in [-0.2, 0) is 43.0 Å². The van der Waals surface area contributed by atoms with Gasteiger partial charge < -0.3 is 44.5 Å². The Morgan fingerprint density at radius 3 is 2.38 bits per heavy atom. The van der Waals surface area contributed by atoms with Gasteiger partial charge in [-0.1, -0.05) is 66.7 Å². The molecule has 6 rings (SSSR count). The minimum absolute atomic E-state index is 0.0408. The molecule has 1 aliphatic carbocycles. The molecule has 3 aromatic carbocycles. The summed E-state index contributed by atoms with van der Waals surface area (Å²) in [6, 6.07) is 23.6. The first-order chi connectivity index (χ1) is 25.4. The van der Waals surface area contributed by atoms with Crippen molar-refractivity contribution < 1.29 is 43.5 Å². The highest BCUT2D eigenvalue weighted by atomic mass is 16.6. The van der Waals surface area contributed by atoms with E-state index in [0.29, 0.717) is 32.5 Å². The van der Waals surface area contributed by atoms with E-state index in [0.717, 1.165) is 60.9 Å². The number of benzene rings is 3. The Morgan fingerprint density at radius 1 is 0.904 bits per heavy atom. The Kier molecular flexibility index (Phi) is 13.5. The molecule has 52 heavy (non-hydrogen) atoms. The average molecular weight is 718 g/mol. The maximum absolute atomic E-state index is 14.1. The van der Waals surface area contributed by atoms with Crippen molar-refractivity contribution in [1.82, 2.24) is 15.5 Å². The lowest BCUT2D eigenvalue weighted by Crippen LogP contribution is -2.49. The van der Waals surface area contributed by atoms with Crippen LogP contribution in [0.1, 0.15) is 34.7 Å². The summed E-state index contributed by atoms with van der Waals surface area (Å²) in [5.74, 6) is -0.254. The normalized spacial score (nSPS) is 23.3. The number of nitrogens with zero attached hydrogens (tertiary/aromatic N) is 1. The summed E-state index contributed by atoms with van der Waals surface area (Å²) in [5, 5.41) is 28.7. The van der Waals surface area contributed by atoms with Gasteiger partial charge >= 0.3 is 6.09 Å². The van der Waals surface area contributed by atoms with Crippen molar-refractivity contribution in [1.29, 1.82) is 0 Å². The van der Waals surface area contributed by atoms with Gasteiger partial charge in [-0.2, -0.15) is 0 Å². The quantitative estimate of drug-likeness (QED) is 0.175. The zero-order valence-electron chi connectivity index (χ0n) is 29.7. The Labute approximate surface area is 305 Å². The number of hydrogen-bond donors (Lipinski definition) is 4. The van der Waals surface area contributed by atoms with Gasteiger partial charge in [0.05, 0.1) is 50.7 Å². The number of morpholine rings is 1. The fourth-order valence-electron chi connectivity index (χ4n) is 7.20. The van der Waals surface area contributed by atoms with Crippen LogP contribution in [0.4, 0.5) is 4.79 Å². The van der Waals surface area contributed by atoms with E-state index in [2.05, 4.69) is 15.5 Å². The smallest absolute Gasteiger partial charge is 0.407 e. The molecule has 280 valence electrons. The predicted octanol–water partition coefficient (Wildman–Crippen LogP) is 2.83. The molecule has 0 radical (unpaired) electrons. The first kappa shape index (κ1) is 37.7. The molecule has 7 atom stereocenters. The highest BCUT2D eigenvalue weighted by Gasteiger charge is 2.36. The number of amides is 2. The number of aliphatic hydroxyl groups is 2. The number of rotatable bonds is 16. The van der Waals surface area contributed by atoms with E-state index in [9.17, 15) is 19.8 Å². The van der Waals surface area contributed by atoms with Gasteiger partial charge in [-0.25, -0.2) is 4.79 Å². The third-order valence-electron chi connectivity index (χ3n) is 10.2. The second kappa shape index (κ2) is 18.6. The first-order valence-electron chi connectivity index (χ1n) is 18.2. The number of nitrogens with one attached hydrogen (secondary N) is 2. The lowest BCUT2D eigenvalue weighted by molar-refractivity contribution is -0.127. The molecule has 4 N–H and O–H groups in total. The highest BCUT2D eigenvalue weighted by Crippen LogP contribution is 2.32. The molecular weight excluding hydrogens is 666 g/mol. The number of aliphatic hydroxyl groups excluding tert-OH is 2. The summed E-state index contributed by atoms with van der Waals surface area (Å²) in [5.41, 5.74) is 3.67. The van der Waals surface area contributed by atoms with Crippen LogP contribution in [-0.4, -0.2) is 117 Å². The second-order valence-electron chi connectivity index (χ2n) is 13.8. The molecule has 2 amide bonds. The van der Waals surface area contributed by atoms with Crippen LogP contribution in [0.2, 0.25) is 0 Å². The zero-order chi connectivity index (χ0) is 36.3. The van der Waals surface area contributed by atoms with Gasteiger partial charge in [0.2, 0.25) is 5.91 Å². The van der Waals surface area contributed by atoms with Crippen LogP contribution in [0.15, 0.2) is 78.9 Å². The van der Waals surface area contributed by atoms with Gasteiger partial charge in [-0.3, -0.25) is 9.69 Å². The number of carbonyl (C=O) groups excluding carboxylic acids is 2. The number of methoxy groups -OCH3 is 1. The molecule has 3 aliphatic rings. The maximum Gasteiger partial charge on any atom is 0.407 e. The topological polar surface area (TPSA) is 148 Å². The van der Waals surface area contributed by atoms with Crippen LogP contribution < -0.4 is 15.4 Å². The Morgan fingerprint density at radius 2 is 1.62 bits per heavy atom. The molecule has 2 saturated heterocycles. The molecule has 12 nitrogen and oxygen atoms in total. The van der Waals surface area contributed by atoms with Gasteiger partial charge in [-0.05, 0) is 53.6 Å². The molecule has 2 fully saturated rings. The Balaban J connectivity index is 1.16. The van der Waals surface area contributed by atoms with Gasteiger partial charge in [-0.15, -0.1) is 0 Å². The maximum atomic E-state index is 14.1. The van der Waals surface area contributed by atoms with E-state index < -0.39 is 42.4 Å². The minimum Gasteiger partial charge on any atom is -0.492 e.